The number of hydrogen-bond donors (Lipinski definition) is 3. The van der Waals surface area contributed by atoms with Gasteiger partial charge in [0.2, 0.25) is 0 Å². The van der Waals surface area contributed by atoms with Crippen molar-refractivity contribution in [3.63, 3.8) is 0 Å². The first-order chi connectivity index (χ1) is 9.43. The summed E-state index contributed by atoms with van der Waals surface area (Å²) in [5.74, 6) is -0.941. The quantitative estimate of drug-likeness (QED) is 0.754. The van der Waals surface area contributed by atoms with Crippen molar-refractivity contribution in [1.82, 2.24) is 5.32 Å². The minimum absolute atomic E-state index is 0.316. The second kappa shape index (κ2) is 7.74. The van der Waals surface area contributed by atoms with E-state index in [1.807, 2.05) is 6.26 Å². The number of benzene rings is 1. The average molecular weight is 300 g/mol. The molecule has 0 spiro atoms. The highest BCUT2D eigenvalue weighted by molar-refractivity contribution is 7.98. The summed E-state index contributed by atoms with van der Waals surface area (Å²) < 4.78 is 13.1. The Morgan fingerprint density at radius 3 is 2.75 bits per heavy atom. The fourth-order valence-corrected chi connectivity index (χ4v) is 2.01. The van der Waals surface area contributed by atoms with Crippen LogP contribution in [0.4, 0.5) is 14.9 Å². The Balaban J connectivity index is 2.65. The summed E-state index contributed by atoms with van der Waals surface area (Å²) in [6.07, 6.45) is 2.18. The maximum Gasteiger partial charge on any atom is 0.326 e. The molecule has 1 aromatic carbocycles. The van der Waals surface area contributed by atoms with Crippen molar-refractivity contribution in [2.24, 2.45) is 0 Å². The number of amides is 2. The molecule has 0 saturated heterocycles. The summed E-state index contributed by atoms with van der Waals surface area (Å²) in [6.45, 7) is 1.72. The third kappa shape index (κ3) is 5.08. The Hall–Kier alpha value is -1.76. The predicted molar refractivity (Wildman–Crippen MR) is 77.7 cm³/mol. The van der Waals surface area contributed by atoms with E-state index in [2.05, 4.69) is 10.6 Å². The van der Waals surface area contributed by atoms with Crippen LogP contribution < -0.4 is 10.6 Å². The molecule has 2 amide bonds. The van der Waals surface area contributed by atoms with Crippen LogP contribution in [0, 0.1) is 12.7 Å². The number of nitrogens with one attached hydrogen (secondary N) is 2. The molecule has 20 heavy (non-hydrogen) atoms. The van der Waals surface area contributed by atoms with Crippen LogP contribution >= 0.6 is 11.8 Å². The third-order valence-corrected chi connectivity index (χ3v) is 3.31. The monoisotopic (exact) mass is 300 g/mol. The van der Waals surface area contributed by atoms with Gasteiger partial charge in [0, 0.05) is 5.69 Å². The van der Waals surface area contributed by atoms with Crippen LogP contribution in [0.25, 0.3) is 0 Å². The molecule has 1 rings (SSSR count). The fraction of sp³-hybridized carbons (Fsp3) is 0.385. The lowest BCUT2D eigenvalue weighted by atomic mass is 10.2. The van der Waals surface area contributed by atoms with Crippen LogP contribution in [0.15, 0.2) is 18.2 Å². The van der Waals surface area contributed by atoms with Gasteiger partial charge in [0.05, 0.1) is 0 Å². The zero-order chi connectivity index (χ0) is 15.1. The Bertz CT molecular complexity index is 497. The number of thioether (sulfide) groups is 1. The van der Waals surface area contributed by atoms with E-state index in [0.717, 1.165) is 0 Å². The van der Waals surface area contributed by atoms with Gasteiger partial charge in [0.1, 0.15) is 11.9 Å². The molecule has 0 radical (unpaired) electrons. The Labute approximate surface area is 120 Å². The summed E-state index contributed by atoms with van der Waals surface area (Å²) in [6, 6.07) is 2.39. The molecule has 1 atom stereocenters. The first-order valence-corrected chi connectivity index (χ1v) is 7.39. The third-order valence-electron chi connectivity index (χ3n) is 2.66. The van der Waals surface area contributed by atoms with Crippen molar-refractivity contribution in [2.75, 3.05) is 17.3 Å². The smallest absolute Gasteiger partial charge is 0.326 e. The van der Waals surface area contributed by atoms with Gasteiger partial charge in [-0.05, 0) is 43.0 Å². The van der Waals surface area contributed by atoms with Crippen molar-refractivity contribution in [1.29, 1.82) is 0 Å². The average Bonchev–Trinajstić information content (AvgIpc) is 2.38. The maximum atomic E-state index is 13.1. The number of carbonyl (C=O) groups is 2. The van der Waals surface area contributed by atoms with Crippen molar-refractivity contribution in [3.8, 4) is 0 Å². The normalized spacial score (nSPS) is 11.8. The van der Waals surface area contributed by atoms with E-state index in [4.69, 9.17) is 5.11 Å². The first kappa shape index (κ1) is 16.3. The van der Waals surface area contributed by atoms with Crippen molar-refractivity contribution >= 4 is 29.4 Å². The first-order valence-electron chi connectivity index (χ1n) is 5.99. The summed E-state index contributed by atoms with van der Waals surface area (Å²) in [4.78, 5) is 22.7. The number of hydrogen-bond acceptors (Lipinski definition) is 3. The van der Waals surface area contributed by atoms with Gasteiger partial charge < -0.3 is 15.7 Å². The number of urea groups is 1. The molecule has 3 N–H and O–H groups in total. The number of carboxylic acid groups (broad SMARTS) is 1. The van der Waals surface area contributed by atoms with Gasteiger partial charge in [-0.25, -0.2) is 14.0 Å². The lowest BCUT2D eigenvalue weighted by Crippen LogP contribution is -2.43. The number of aliphatic carboxylic acids is 1. The maximum absolute atomic E-state index is 13.1. The zero-order valence-corrected chi connectivity index (χ0v) is 12.1. The number of halogens is 1. The molecule has 0 aliphatic heterocycles. The minimum atomic E-state index is -1.09. The van der Waals surface area contributed by atoms with E-state index >= 15 is 0 Å². The van der Waals surface area contributed by atoms with Crippen LogP contribution in [-0.4, -0.2) is 35.2 Å². The molecule has 0 bridgehead atoms. The van der Waals surface area contributed by atoms with E-state index in [1.165, 1.54) is 30.0 Å². The minimum Gasteiger partial charge on any atom is -0.480 e. The van der Waals surface area contributed by atoms with Crippen molar-refractivity contribution in [3.05, 3.63) is 29.6 Å². The van der Waals surface area contributed by atoms with E-state index in [1.54, 1.807) is 6.92 Å². The summed E-state index contributed by atoms with van der Waals surface area (Å²) >= 11 is 1.50. The summed E-state index contributed by atoms with van der Waals surface area (Å²) in [7, 11) is 0. The number of rotatable bonds is 6. The molecule has 0 aromatic heterocycles. The van der Waals surface area contributed by atoms with Gasteiger partial charge in [-0.15, -0.1) is 0 Å². The Kier molecular flexibility index (Phi) is 6.30. The van der Waals surface area contributed by atoms with Crippen LogP contribution in [-0.2, 0) is 4.79 Å². The largest absolute Gasteiger partial charge is 0.480 e. The van der Waals surface area contributed by atoms with Gasteiger partial charge in [0.25, 0.3) is 0 Å². The predicted octanol–water partition coefficient (Wildman–Crippen LogP) is 2.46. The number of carbonyl (C=O) groups excluding carboxylic acids is 1. The van der Waals surface area contributed by atoms with Crippen molar-refractivity contribution in [2.45, 2.75) is 19.4 Å². The Morgan fingerprint density at radius 1 is 1.45 bits per heavy atom. The zero-order valence-electron chi connectivity index (χ0n) is 11.3. The molecule has 0 aliphatic carbocycles. The van der Waals surface area contributed by atoms with Gasteiger partial charge in [-0.2, -0.15) is 11.8 Å². The van der Waals surface area contributed by atoms with Crippen LogP contribution in [0.5, 0.6) is 0 Å². The summed E-state index contributed by atoms with van der Waals surface area (Å²) in [5, 5.41) is 13.8. The molecule has 1 aromatic rings. The Morgan fingerprint density at radius 2 is 2.15 bits per heavy atom. The van der Waals surface area contributed by atoms with Crippen LogP contribution in [0.3, 0.4) is 0 Å². The van der Waals surface area contributed by atoms with Gasteiger partial charge in [0.15, 0.2) is 0 Å². The summed E-state index contributed by atoms with van der Waals surface area (Å²) in [5.41, 5.74) is 1.01. The molecule has 110 valence electrons. The SMILES string of the molecule is CSCC[C@H](NC(=O)Nc1cc(F)ccc1C)C(=O)O. The highest BCUT2D eigenvalue weighted by atomic mass is 32.2. The fourth-order valence-electron chi connectivity index (χ4n) is 1.54. The van der Waals surface area contributed by atoms with E-state index in [0.29, 0.717) is 23.4 Å². The highest BCUT2D eigenvalue weighted by Gasteiger charge is 2.19. The van der Waals surface area contributed by atoms with Gasteiger partial charge >= 0.3 is 12.0 Å². The second-order valence-electron chi connectivity index (χ2n) is 4.23. The lowest BCUT2D eigenvalue weighted by Gasteiger charge is -2.15. The van der Waals surface area contributed by atoms with E-state index in [9.17, 15) is 14.0 Å². The molecule has 0 fully saturated rings. The molecule has 0 aliphatic rings. The van der Waals surface area contributed by atoms with Crippen LogP contribution in [0.1, 0.15) is 12.0 Å². The second-order valence-corrected chi connectivity index (χ2v) is 5.22. The molecular weight excluding hydrogens is 283 g/mol. The molecule has 0 heterocycles. The molecular formula is C13H17FN2O3S. The van der Waals surface area contributed by atoms with E-state index in [-0.39, 0.29) is 0 Å². The highest BCUT2D eigenvalue weighted by Crippen LogP contribution is 2.15. The number of carboxylic acids is 1. The van der Waals surface area contributed by atoms with E-state index < -0.39 is 23.9 Å². The standard InChI is InChI=1S/C13H17FN2O3S/c1-8-3-4-9(14)7-11(8)16-13(19)15-10(12(17)18)5-6-20-2/h3-4,7,10H,5-6H2,1-2H3,(H,17,18)(H2,15,16,19)/t10-/m0/s1. The molecule has 7 heteroatoms. The number of aryl methyl sites for hydroxylation is 1. The van der Waals surface area contributed by atoms with Crippen molar-refractivity contribution < 1.29 is 19.1 Å². The molecule has 0 unspecified atom stereocenters. The topological polar surface area (TPSA) is 78.4 Å². The van der Waals surface area contributed by atoms with Crippen LogP contribution in [0.2, 0.25) is 0 Å². The van der Waals surface area contributed by atoms with Gasteiger partial charge in [-0.3, -0.25) is 0 Å². The molecule has 5 nitrogen and oxygen atoms in total. The molecule has 0 saturated carbocycles. The lowest BCUT2D eigenvalue weighted by molar-refractivity contribution is -0.139. The van der Waals surface area contributed by atoms with Gasteiger partial charge in [-0.1, -0.05) is 6.07 Å². The number of anilines is 1.